The first-order valence-electron chi connectivity index (χ1n) is 5.81. The molecule has 0 fully saturated rings. The first kappa shape index (κ1) is 13.6. The van der Waals surface area contributed by atoms with Crippen LogP contribution in [-0.4, -0.2) is 0 Å². The van der Waals surface area contributed by atoms with E-state index in [0.717, 1.165) is 15.5 Å². The van der Waals surface area contributed by atoms with Gasteiger partial charge in [0.05, 0.1) is 0 Å². The summed E-state index contributed by atoms with van der Waals surface area (Å²) >= 11 is 6.97. The summed E-state index contributed by atoms with van der Waals surface area (Å²) in [4.78, 5) is 0. The number of anilines is 1. The van der Waals surface area contributed by atoms with Crippen molar-refractivity contribution >= 4 is 37.5 Å². The van der Waals surface area contributed by atoms with Crippen molar-refractivity contribution in [1.29, 1.82) is 0 Å². The van der Waals surface area contributed by atoms with Gasteiger partial charge in [0.15, 0.2) is 0 Å². The summed E-state index contributed by atoms with van der Waals surface area (Å²) in [5.74, 6) is 0. The third-order valence-corrected chi connectivity index (χ3v) is 3.87. The lowest BCUT2D eigenvalue weighted by Crippen LogP contribution is -2.02. The van der Waals surface area contributed by atoms with Gasteiger partial charge in [0.25, 0.3) is 0 Å². The fourth-order valence-corrected chi connectivity index (χ4v) is 2.93. The zero-order valence-electron chi connectivity index (χ0n) is 10.4. The van der Waals surface area contributed by atoms with E-state index in [1.165, 1.54) is 22.4 Å². The van der Waals surface area contributed by atoms with Gasteiger partial charge < -0.3 is 5.32 Å². The van der Waals surface area contributed by atoms with E-state index in [2.05, 4.69) is 87.4 Å². The molecule has 3 heteroatoms. The molecule has 2 aromatic carbocycles. The predicted octanol–water partition coefficient (Wildman–Crippen LogP) is 5.44. The second kappa shape index (κ2) is 5.89. The molecule has 0 spiro atoms. The minimum atomic E-state index is 0.844. The lowest BCUT2D eigenvalue weighted by molar-refractivity contribution is 1.13. The highest BCUT2D eigenvalue weighted by atomic mass is 79.9. The van der Waals surface area contributed by atoms with E-state index < -0.39 is 0 Å². The molecule has 94 valence electrons. The van der Waals surface area contributed by atoms with Crippen molar-refractivity contribution in [3.05, 3.63) is 62.0 Å². The molecule has 0 radical (unpaired) electrons. The summed E-state index contributed by atoms with van der Waals surface area (Å²) in [5.41, 5.74) is 5.03. The van der Waals surface area contributed by atoms with E-state index >= 15 is 0 Å². The molecule has 0 aliphatic rings. The molecule has 0 atom stereocenters. The molecule has 0 bridgehead atoms. The molecule has 18 heavy (non-hydrogen) atoms. The Balaban J connectivity index is 2.13. The Morgan fingerprint density at radius 2 is 1.44 bits per heavy atom. The van der Waals surface area contributed by atoms with Crippen molar-refractivity contribution < 1.29 is 0 Å². The first-order chi connectivity index (χ1) is 8.56. The van der Waals surface area contributed by atoms with Gasteiger partial charge >= 0.3 is 0 Å². The Labute approximate surface area is 125 Å². The molecule has 1 nitrogen and oxygen atoms in total. The van der Waals surface area contributed by atoms with E-state index in [9.17, 15) is 0 Å². The van der Waals surface area contributed by atoms with E-state index in [0.29, 0.717) is 0 Å². The Bertz CT molecular complexity index is 524. The monoisotopic (exact) mass is 367 g/mol. The number of benzene rings is 2. The van der Waals surface area contributed by atoms with Crippen LogP contribution in [0.15, 0.2) is 45.3 Å². The summed E-state index contributed by atoms with van der Waals surface area (Å²) in [6.45, 7) is 5.10. The summed E-state index contributed by atoms with van der Waals surface area (Å²) < 4.78 is 2.24. The summed E-state index contributed by atoms with van der Waals surface area (Å²) in [7, 11) is 0. The number of hydrogen-bond acceptors (Lipinski definition) is 1. The molecule has 2 aromatic rings. The molecule has 0 unspecified atom stereocenters. The van der Waals surface area contributed by atoms with Crippen LogP contribution in [0, 0.1) is 13.8 Å². The molecule has 0 amide bonds. The van der Waals surface area contributed by atoms with Gasteiger partial charge in [-0.2, -0.15) is 0 Å². The average Bonchev–Trinajstić information content (AvgIpc) is 2.30. The molecular formula is C15H15Br2N. The number of hydrogen-bond donors (Lipinski definition) is 1. The predicted molar refractivity (Wildman–Crippen MR) is 85.1 cm³/mol. The maximum atomic E-state index is 3.52. The normalized spacial score (nSPS) is 10.4. The quantitative estimate of drug-likeness (QED) is 0.760. The van der Waals surface area contributed by atoms with Gasteiger partial charge in [0.2, 0.25) is 0 Å². The van der Waals surface area contributed by atoms with Gasteiger partial charge in [0, 0.05) is 21.2 Å². The minimum absolute atomic E-state index is 0.844. The molecule has 2 rings (SSSR count). The van der Waals surface area contributed by atoms with Gasteiger partial charge in [-0.1, -0.05) is 44.0 Å². The SMILES string of the molecule is Cc1cc(Br)cc(C)c1NCc1ccc(Br)cc1. The lowest BCUT2D eigenvalue weighted by Gasteiger charge is -2.13. The number of nitrogens with one attached hydrogen (secondary N) is 1. The van der Waals surface area contributed by atoms with Crippen LogP contribution in [0.2, 0.25) is 0 Å². The minimum Gasteiger partial charge on any atom is -0.381 e. The third kappa shape index (κ3) is 3.36. The molecule has 0 heterocycles. The fourth-order valence-electron chi connectivity index (χ4n) is 1.98. The van der Waals surface area contributed by atoms with Crippen LogP contribution in [-0.2, 0) is 6.54 Å². The Kier molecular flexibility index (Phi) is 4.46. The fraction of sp³-hybridized carbons (Fsp3) is 0.200. The van der Waals surface area contributed by atoms with Crippen molar-refractivity contribution in [2.45, 2.75) is 20.4 Å². The van der Waals surface area contributed by atoms with Crippen LogP contribution in [0.25, 0.3) is 0 Å². The Hall–Kier alpha value is -0.800. The molecule has 0 aromatic heterocycles. The van der Waals surface area contributed by atoms with Crippen molar-refractivity contribution in [2.75, 3.05) is 5.32 Å². The topological polar surface area (TPSA) is 12.0 Å². The highest BCUT2D eigenvalue weighted by molar-refractivity contribution is 9.10. The second-order valence-electron chi connectivity index (χ2n) is 4.39. The first-order valence-corrected chi connectivity index (χ1v) is 7.40. The Morgan fingerprint density at radius 3 is 2.00 bits per heavy atom. The standard InChI is InChI=1S/C15H15Br2N/c1-10-7-14(17)8-11(2)15(10)18-9-12-3-5-13(16)6-4-12/h3-8,18H,9H2,1-2H3. The highest BCUT2D eigenvalue weighted by Gasteiger charge is 2.03. The van der Waals surface area contributed by atoms with Gasteiger partial charge in [-0.25, -0.2) is 0 Å². The zero-order valence-corrected chi connectivity index (χ0v) is 13.6. The van der Waals surface area contributed by atoms with Crippen LogP contribution < -0.4 is 5.32 Å². The Morgan fingerprint density at radius 1 is 0.889 bits per heavy atom. The molecule has 0 saturated carbocycles. The van der Waals surface area contributed by atoms with Crippen LogP contribution in [0.1, 0.15) is 16.7 Å². The van der Waals surface area contributed by atoms with Crippen molar-refractivity contribution in [2.24, 2.45) is 0 Å². The van der Waals surface area contributed by atoms with Crippen LogP contribution in [0.4, 0.5) is 5.69 Å². The van der Waals surface area contributed by atoms with E-state index in [1.54, 1.807) is 0 Å². The smallest absolute Gasteiger partial charge is 0.0403 e. The molecule has 0 aliphatic heterocycles. The maximum absolute atomic E-state index is 3.52. The van der Waals surface area contributed by atoms with Gasteiger partial charge in [-0.15, -0.1) is 0 Å². The van der Waals surface area contributed by atoms with Crippen molar-refractivity contribution in [3.8, 4) is 0 Å². The van der Waals surface area contributed by atoms with Gasteiger partial charge in [-0.3, -0.25) is 0 Å². The van der Waals surface area contributed by atoms with Gasteiger partial charge in [-0.05, 0) is 54.8 Å². The van der Waals surface area contributed by atoms with Crippen LogP contribution in [0.5, 0.6) is 0 Å². The number of rotatable bonds is 3. The van der Waals surface area contributed by atoms with Crippen LogP contribution in [0.3, 0.4) is 0 Å². The van der Waals surface area contributed by atoms with E-state index in [4.69, 9.17) is 0 Å². The highest BCUT2D eigenvalue weighted by Crippen LogP contribution is 2.25. The number of halogens is 2. The lowest BCUT2D eigenvalue weighted by atomic mass is 10.1. The molecule has 1 N–H and O–H groups in total. The summed E-state index contributed by atoms with van der Waals surface area (Å²) in [6, 6.07) is 12.7. The average molecular weight is 369 g/mol. The van der Waals surface area contributed by atoms with Crippen molar-refractivity contribution in [3.63, 3.8) is 0 Å². The summed E-state index contributed by atoms with van der Waals surface area (Å²) in [6.07, 6.45) is 0. The largest absolute Gasteiger partial charge is 0.381 e. The second-order valence-corrected chi connectivity index (χ2v) is 6.23. The van der Waals surface area contributed by atoms with Crippen LogP contribution >= 0.6 is 31.9 Å². The van der Waals surface area contributed by atoms with Gasteiger partial charge in [0.1, 0.15) is 0 Å². The third-order valence-electron chi connectivity index (χ3n) is 2.88. The van der Waals surface area contributed by atoms with E-state index in [1.807, 2.05) is 0 Å². The summed E-state index contributed by atoms with van der Waals surface area (Å²) in [5, 5.41) is 3.51. The number of aryl methyl sites for hydroxylation is 2. The maximum Gasteiger partial charge on any atom is 0.0403 e. The van der Waals surface area contributed by atoms with E-state index in [-0.39, 0.29) is 0 Å². The van der Waals surface area contributed by atoms with Crippen molar-refractivity contribution in [1.82, 2.24) is 0 Å². The molecule has 0 saturated heterocycles. The molecule has 0 aliphatic carbocycles. The molecular weight excluding hydrogens is 354 g/mol. The zero-order chi connectivity index (χ0) is 13.1.